The minimum absolute atomic E-state index is 0.00308. The zero-order chi connectivity index (χ0) is 18.2. The van der Waals surface area contributed by atoms with Crippen LogP contribution in [-0.4, -0.2) is 26.9 Å². The largest absolute Gasteiger partial charge is 0.352 e. The van der Waals surface area contributed by atoms with Gasteiger partial charge in [-0.3, -0.25) is 9.10 Å². The van der Waals surface area contributed by atoms with Crippen LogP contribution in [0.1, 0.15) is 20.3 Å². The topological polar surface area (TPSA) is 66.5 Å². The number of carbonyl (C=O) groups is 1. The van der Waals surface area contributed by atoms with Gasteiger partial charge in [-0.2, -0.15) is 0 Å². The summed E-state index contributed by atoms with van der Waals surface area (Å²) in [6.45, 7) is 3.62. The monoisotopic (exact) mass is 422 g/mol. The molecule has 2 aromatic carbocycles. The Morgan fingerprint density at radius 3 is 2.64 bits per heavy atom. The first-order chi connectivity index (χ1) is 11.8. The first-order valence-electron chi connectivity index (χ1n) is 8.05. The minimum atomic E-state index is -3.79. The van der Waals surface area contributed by atoms with Crippen molar-refractivity contribution in [3.05, 3.63) is 46.9 Å². The van der Waals surface area contributed by atoms with E-state index >= 15 is 0 Å². The van der Waals surface area contributed by atoms with Crippen molar-refractivity contribution in [1.82, 2.24) is 5.32 Å². The summed E-state index contributed by atoms with van der Waals surface area (Å²) in [5, 5.41) is 2.83. The van der Waals surface area contributed by atoms with Gasteiger partial charge in [-0.05, 0) is 37.6 Å². The third-order valence-electron chi connectivity index (χ3n) is 4.28. The normalized spacial score (nSPS) is 15.9. The Bertz CT molecular complexity index is 928. The highest BCUT2D eigenvalue weighted by atomic mass is 79.9. The van der Waals surface area contributed by atoms with Crippen LogP contribution in [0.2, 0.25) is 0 Å². The molecule has 0 aromatic heterocycles. The van der Waals surface area contributed by atoms with E-state index in [1.54, 1.807) is 30.3 Å². The average Bonchev–Trinajstić information content (AvgIpc) is 2.59. The van der Waals surface area contributed by atoms with Crippen molar-refractivity contribution < 1.29 is 13.2 Å². The van der Waals surface area contributed by atoms with Crippen molar-refractivity contribution in [3.63, 3.8) is 0 Å². The summed E-state index contributed by atoms with van der Waals surface area (Å²) in [6.07, 6.45) is 0.783. The minimum Gasteiger partial charge on any atom is -0.352 e. The Kier molecular flexibility index (Phi) is 4.88. The van der Waals surface area contributed by atoms with E-state index < -0.39 is 10.0 Å². The molecule has 0 fully saturated rings. The maximum atomic E-state index is 13.1. The van der Waals surface area contributed by atoms with Gasteiger partial charge in [-0.15, -0.1) is 0 Å². The van der Waals surface area contributed by atoms with Crippen LogP contribution in [0.25, 0.3) is 11.1 Å². The maximum Gasteiger partial charge on any atom is 0.265 e. The van der Waals surface area contributed by atoms with Crippen molar-refractivity contribution in [1.29, 1.82) is 0 Å². The molecule has 132 valence electrons. The zero-order valence-corrected chi connectivity index (χ0v) is 16.4. The fourth-order valence-corrected chi connectivity index (χ4v) is 4.84. The van der Waals surface area contributed by atoms with Gasteiger partial charge in [0.25, 0.3) is 10.0 Å². The Morgan fingerprint density at radius 2 is 1.92 bits per heavy atom. The van der Waals surface area contributed by atoms with E-state index in [4.69, 9.17) is 0 Å². The summed E-state index contributed by atoms with van der Waals surface area (Å²) < 4.78 is 28.2. The number of benzene rings is 2. The molecule has 7 heteroatoms. The molecule has 0 spiro atoms. The summed E-state index contributed by atoms with van der Waals surface area (Å²) in [7, 11) is -3.79. The van der Waals surface area contributed by atoms with Gasteiger partial charge < -0.3 is 5.32 Å². The smallest absolute Gasteiger partial charge is 0.265 e. The molecule has 0 bridgehead atoms. The third kappa shape index (κ3) is 3.30. The van der Waals surface area contributed by atoms with Crippen LogP contribution >= 0.6 is 15.9 Å². The summed E-state index contributed by atoms with van der Waals surface area (Å²) in [6, 6.07) is 12.2. The van der Waals surface area contributed by atoms with Crippen molar-refractivity contribution in [3.8, 4) is 11.1 Å². The Hall–Kier alpha value is -1.86. The second-order valence-corrected chi connectivity index (χ2v) is 8.79. The second-order valence-electron chi connectivity index (χ2n) is 6.05. The highest BCUT2D eigenvalue weighted by Gasteiger charge is 2.35. The van der Waals surface area contributed by atoms with Crippen LogP contribution < -0.4 is 9.62 Å². The molecular weight excluding hydrogens is 404 g/mol. The number of hydrogen-bond acceptors (Lipinski definition) is 3. The van der Waals surface area contributed by atoms with Gasteiger partial charge >= 0.3 is 0 Å². The highest BCUT2D eigenvalue weighted by molar-refractivity contribution is 9.10. The lowest BCUT2D eigenvalue weighted by atomic mass is 10.0. The third-order valence-corrected chi connectivity index (χ3v) is 6.59. The molecular formula is C18H19BrN2O3S. The number of fused-ring (bicyclic) bond motifs is 3. The molecule has 1 amide bonds. The van der Waals surface area contributed by atoms with Crippen LogP contribution in [0.5, 0.6) is 0 Å². The standard InChI is InChI=1S/C18H19BrN2O3S/c1-3-12(2)20-18(22)11-21-16-9-8-13(19)10-15(16)14-6-4-5-7-17(14)25(21,23)24/h4-10,12H,3,11H2,1-2H3,(H,20,22). The van der Waals surface area contributed by atoms with Crippen molar-refractivity contribution >= 4 is 37.5 Å². The van der Waals surface area contributed by atoms with E-state index in [-0.39, 0.29) is 23.4 Å². The van der Waals surface area contributed by atoms with Gasteiger partial charge in [-0.1, -0.05) is 41.1 Å². The first kappa shape index (κ1) is 17.9. The van der Waals surface area contributed by atoms with Crippen molar-refractivity contribution in [2.24, 2.45) is 0 Å². The number of halogens is 1. The molecule has 1 atom stereocenters. The molecule has 1 aliphatic heterocycles. The van der Waals surface area contributed by atoms with Gasteiger partial charge in [0.15, 0.2) is 0 Å². The van der Waals surface area contributed by atoms with Crippen molar-refractivity contribution in [2.45, 2.75) is 31.2 Å². The molecule has 2 aromatic rings. The predicted octanol–water partition coefficient (Wildman–Crippen LogP) is 3.54. The lowest BCUT2D eigenvalue weighted by Gasteiger charge is -2.32. The Labute approximate surface area is 156 Å². The highest BCUT2D eigenvalue weighted by Crippen LogP contribution is 2.43. The molecule has 1 aliphatic rings. The molecule has 1 N–H and O–H groups in total. The van der Waals surface area contributed by atoms with Crippen LogP contribution in [-0.2, 0) is 14.8 Å². The number of amides is 1. The molecule has 1 unspecified atom stereocenters. The number of nitrogens with one attached hydrogen (secondary N) is 1. The van der Waals surface area contributed by atoms with Crippen LogP contribution in [0.4, 0.5) is 5.69 Å². The van der Waals surface area contributed by atoms with Crippen LogP contribution in [0.15, 0.2) is 51.8 Å². The number of anilines is 1. The van der Waals surface area contributed by atoms with E-state index in [0.29, 0.717) is 11.3 Å². The molecule has 0 aliphatic carbocycles. The fourth-order valence-electron chi connectivity index (χ4n) is 2.83. The average molecular weight is 423 g/mol. The fraction of sp³-hybridized carbons (Fsp3) is 0.278. The van der Waals surface area contributed by atoms with Gasteiger partial charge in [0.1, 0.15) is 6.54 Å². The molecule has 0 saturated carbocycles. The Balaban J connectivity index is 2.09. The van der Waals surface area contributed by atoms with Gasteiger partial charge in [0.05, 0.1) is 10.6 Å². The van der Waals surface area contributed by atoms with E-state index in [1.807, 2.05) is 26.0 Å². The number of rotatable bonds is 4. The Morgan fingerprint density at radius 1 is 1.20 bits per heavy atom. The molecule has 0 saturated heterocycles. The summed E-state index contributed by atoms with van der Waals surface area (Å²) in [4.78, 5) is 12.5. The second kappa shape index (κ2) is 6.80. The lowest BCUT2D eigenvalue weighted by Crippen LogP contribution is -2.44. The molecule has 3 rings (SSSR count). The first-order valence-corrected chi connectivity index (χ1v) is 10.3. The zero-order valence-electron chi connectivity index (χ0n) is 14.0. The molecule has 25 heavy (non-hydrogen) atoms. The maximum absolute atomic E-state index is 13.1. The number of carbonyl (C=O) groups excluding carboxylic acids is 1. The summed E-state index contributed by atoms with van der Waals surface area (Å²) in [5.41, 5.74) is 1.95. The van der Waals surface area contributed by atoms with Crippen LogP contribution in [0, 0.1) is 0 Å². The van der Waals surface area contributed by atoms with Crippen LogP contribution in [0.3, 0.4) is 0 Å². The van der Waals surface area contributed by atoms with Gasteiger partial charge in [0.2, 0.25) is 5.91 Å². The van der Waals surface area contributed by atoms with E-state index in [0.717, 1.165) is 16.5 Å². The SMILES string of the molecule is CCC(C)NC(=O)CN1c2ccc(Br)cc2-c2ccccc2S1(=O)=O. The van der Waals surface area contributed by atoms with Crippen molar-refractivity contribution in [2.75, 3.05) is 10.8 Å². The van der Waals surface area contributed by atoms with E-state index in [9.17, 15) is 13.2 Å². The molecule has 0 radical (unpaired) electrons. The summed E-state index contributed by atoms with van der Waals surface area (Å²) >= 11 is 3.44. The van der Waals surface area contributed by atoms with Gasteiger partial charge in [-0.25, -0.2) is 8.42 Å². The van der Waals surface area contributed by atoms with E-state index in [2.05, 4.69) is 21.2 Å². The number of sulfonamides is 1. The summed E-state index contributed by atoms with van der Waals surface area (Å²) in [5.74, 6) is -0.314. The number of hydrogen-bond donors (Lipinski definition) is 1. The number of nitrogens with zero attached hydrogens (tertiary/aromatic N) is 1. The lowest BCUT2D eigenvalue weighted by molar-refractivity contribution is -0.120. The quantitative estimate of drug-likeness (QED) is 0.818. The predicted molar refractivity (Wildman–Crippen MR) is 102 cm³/mol. The van der Waals surface area contributed by atoms with E-state index in [1.165, 1.54) is 4.31 Å². The molecule has 5 nitrogen and oxygen atoms in total. The van der Waals surface area contributed by atoms with Gasteiger partial charge in [0, 0.05) is 21.6 Å². The molecule has 1 heterocycles.